The number of carbonyl (C=O) groups is 1. The molecule has 0 amide bonds. The number of ketones is 1. The molecule has 104 valence electrons. The largest absolute Gasteiger partial charge is 0.297 e. The molecule has 2 aromatic rings. The summed E-state index contributed by atoms with van der Waals surface area (Å²) in [5, 5.41) is 0. The maximum Gasteiger partial charge on any atom is 0.161 e. The number of halogens is 1. The summed E-state index contributed by atoms with van der Waals surface area (Å²) in [6, 6.07) is 17.4. The summed E-state index contributed by atoms with van der Waals surface area (Å²) in [7, 11) is 0. The Labute approximate surface area is 127 Å². The highest BCUT2D eigenvalue weighted by Crippen LogP contribution is 2.14. The summed E-state index contributed by atoms with van der Waals surface area (Å²) < 4.78 is 1.02. The Morgan fingerprint density at radius 2 is 1.80 bits per heavy atom. The molecule has 2 aromatic carbocycles. The topological polar surface area (TPSA) is 38.3 Å². The molecule has 0 bridgehead atoms. The monoisotopic (exact) mass is 333 g/mol. The lowest BCUT2D eigenvalue weighted by atomic mass is 10.1. The molecule has 0 unspecified atom stereocenters. The van der Waals surface area contributed by atoms with Crippen LogP contribution in [0.15, 0.2) is 59.1 Å². The smallest absolute Gasteiger partial charge is 0.161 e. The van der Waals surface area contributed by atoms with E-state index in [9.17, 15) is 4.79 Å². The summed E-state index contributed by atoms with van der Waals surface area (Å²) >= 11 is 3.39. The van der Waals surface area contributed by atoms with Gasteiger partial charge in [0.2, 0.25) is 0 Å². The molecule has 0 radical (unpaired) electrons. The first kappa shape index (κ1) is 14.8. The van der Waals surface area contributed by atoms with Crippen LogP contribution in [0.5, 0.6) is 0 Å². The maximum atomic E-state index is 11.7. The van der Waals surface area contributed by atoms with Gasteiger partial charge >= 0.3 is 0 Å². The molecule has 1 N–H and O–H groups in total. The molecular weight excluding hydrogens is 318 g/mol. The molecule has 0 aliphatic carbocycles. The minimum absolute atomic E-state index is 0.00338. The number of Topliss-reactive ketones (excluding diaryl/α,β-unsaturated/α-hetero) is 1. The van der Waals surface area contributed by atoms with Crippen LogP contribution < -0.4 is 5.48 Å². The Morgan fingerprint density at radius 3 is 2.40 bits per heavy atom. The van der Waals surface area contributed by atoms with Crippen molar-refractivity contribution in [2.75, 3.05) is 5.48 Å². The normalized spacial score (nSPS) is 11.9. The Bertz CT molecular complexity index is 554. The zero-order chi connectivity index (χ0) is 14.4. The van der Waals surface area contributed by atoms with Gasteiger partial charge in [-0.05, 0) is 36.8 Å². The van der Waals surface area contributed by atoms with E-state index in [2.05, 4.69) is 21.4 Å². The lowest BCUT2D eigenvalue weighted by molar-refractivity contribution is -0.126. The number of para-hydroxylation sites is 1. The summed E-state index contributed by atoms with van der Waals surface area (Å²) in [6.07, 6.45) is 0.0407. The van der Waals surface area contributed by atoms with Crippen LogP contribution in [0.1, 0.15) is 12.5 Å². The molecule has 2 rings (SSSR count). The summed E-state index contributed by atoms with van der Waals surface area (Å²) in [5.41, 5.74) is 4.71. The van der Waals surface area contributed by atoms with Crippen molar-refractivity contribution in [1.82, 2.24) is 0 Å². The highest BCUT2D eigenvalue weighted by Gasteiger charge is 2.16. The van der Waals surface area contributed by atoms with Gasteiger partial charge in [-0.1, -0.05) is 46.3 Å². The van der Waals surface area contributed by atoms with Crippen molar-refractivity contribution in [3.63, 3.8) is 0 Å². The molecule has 0 fully saturated rings. The molecule has 1 atom stereocenters. The number of hydrogen-bond donors (Lipinski definition) is 1. The number of nitrogens with one attached hydrogen (secondary N) is 1. The zero-order valence-corrected chi connectivity index (χ0v) is 12.8. The van der Waals surface area contributed by atoms with Gasteiger partial charge in [0.1, 0.15) is 6.10 Å². The fourth-order valence-electron chi connectivity index (χ4n) is 1.75. The predicted octanol–water partition coefficient (Wildman–Crippen LogP) is 3.99. The van der Waals surface area contributed by atoms with Gasteiger partial charge in [-0.3, -0.25) is 15.1 Å². The van der Waals surface area contributed by atoms with Crippen molar-refractivity contribution in [3.8, 4) is 0 Å². The van der Waals surface area contributed by atoms with Crippen LogP contribution >= 0.6 is 15.9 Å². The van der Waals surface area contributed by atoms with Gasteiger partial charge in [0, 0.05) is 10.9 Å². The third-order valence-electron chi connectivity index (χ3n) is 2.88. The minimum Gasteiger partial charge on any atom is -0.297 e. The highest BCUT2D eigenvalue weighted by molar-refractivity contribution is 9.10. The number of carbonyl (C=O) groups excluding carboxylic acids is 1. The Morgan fingerprint density at radius 1 is 1.15 bits per heavy atom. The van der Waals surface area contributed by atoms with E-state index in [1.54, 1.807) is 0 Å². The molecule has 3 nitrogen and oxygen atoms in total. The lowest BCUT2D eigenvalue weighted by Crippen LogP contribution is -2.27. The van der Waals surface area contributed by atoms with Crippen molar-refractivity contribution in [3.05, 3.63) is 64.6 Å². The van der Waals surface area contributed by atoms with Crippen LogP contribution in [-0.4, -0.2) is 11.9 Å². The van der Waals surface area contributed by atoms with Crippen molar-refractivity contribution in [1.29, 1.82) is 0 Å². The summed E-state index contributed by atoms with van der Waals surface area (Å²) in [6.45, 7) is 1.54. The molecular formula is C16H16BrNO2. The lowest BCUT2D eigenvalue weighted by Gasteiger charge is -2.16. The maximum absolute atomic E-state index is 11.7. The van der Waals surface area contributed by atoms with Crippen molar-refractivity contribution < 1.29 is 9.63 Å². The van der Waals surface area contributed by atoms with Crippen LogP contribution in [0.2, 0.25) is 0 Å². The quantitative estimate of drug-likeness (QED) is 0.812. The summed E-state index contributed by atoms with van der Waals surface area (Å²) in [5.74, 6) is -0.00338. The van der Waals surface area contributed by atoms with Crippen molar-refractivity contribution in [2.45, 2.75) is 19.4 Å². The van der Waals surface area contributed by atoms with Gasteiger partial charge < -0.3 is 0 Å². The third-order valence-corrected chi connectivity index (χ3v) is 3.41. The first-order chi connectivity index (χ1) is 9.65. The predicted molar refractivity (Wildman–Crippen MR) is 83.5 cm³/mol. The molecule has 0 aliphatic heterocycles. The number of benzene rings is 2. The van der Waals surface area contributed by atoms with Gasteiger partial charge in [0.05, 0.1) is 5.69 Å². The molecule has 4 heteroatoms. The van der Waals surface area contributed by atoms with Crippen LogP contribution in [-0.2, 0) is 16.1 Å². The van der Waals surface area contributed by atoms with Crippen LogP contribution in [0.3, 0.4) is 0 Å². The zero-order valence-electron chi connectivity index (χ0n) is 11.2. The first-order valence-corrected chi connectivity index (χ1v) is 7.16. The van der Waals surface area contributed by atoms with Crippen molar-refractivity contribution >= 4 is 27.4 Å². The van der Waals surface area contributed by atoms with E-state index in [0.29, 0.717) is 6.42 Å². The van der Waals surface area contributed by atoms with Gasteiger partial charge in [-0.15, -0.1) is 0 Å². The number of hydrogen-bond acceptors (Lipinski definition) is 3. The van der Waals surface area contributed by atoms with Crippen LogP contribution in [0.25, 0.3) is 0 Å². The Balaban J connectivity index is 1.97. The minimum atomic E-state index is -0.503. The molecule has 0 saturated heterocycles. The van der Waals surface area contributed by atoms with E-state index in [1.165, 1.54) is 6.92 Å². The van der Waals surface area contributed by atoms with Gasteiger partial charge in [-0.2, -0.15) is 0 Å². The second kappa shape index (κ2) is 7.22. The number of anilines is 1. The van der Waals surface area contributed by atoms with E-state index < -0.39 is 6.10 Å². The van der Waals surface area contributed by atoms with E-state index in [-0.39, 0.29) is 5.78 Å². The van der Waals surface area contributed by atoms with E-state index in [1.807, 2.05) is 54.6 Å². The standard InChI is InChI=1S/C16H16BrNO2/c1-12(19)16(11-13-7-9-14(17)10-8-13)20-18-15-5-3-2-4-6-15/h2-10,16,18H,11H2,1H3/t16-/m1/s1. The van der Waals surface area contributed by atoms with Crippen molar-refractivity contribution in [2.24, 2.45) is 0 Å². The number of rotatable bonds is 6. The highest BCUT2D eigenvalue weighted by atomic mass is 79.9. The molecule has 0 saturated carbocycles. The summed E-state index contributed by atoms with van der Waals surface area (Å²) in [4.78, 5) is 17.2. The van der Waals surface area contributed by atoms with Gasteiger partial charge in [-0.25, -0.2) is 0 Å². The van der Waals surface area contributed by atoms with E-state index in [4.69, 9.17) is 4.84 Å². The molecule has 0 aromatic heterocycles. The molecule has 0 aliphatic rings. The average Bonchev–Trinajstić information content (AvgIpc) is 2.46. The second-order valence-electron chi connectivity index (χ2n) is 4.52. The van der Waals surface area contributed by atoms with Gasteiger partial charge in [0.25, 0.3) is 0 Å². The SMILES string of the molecule is CC(=O)[C@@H](Cc1ccc(Br)cc1)ONc1ccccc1. The Kier molecular flexibility index (Phi) is 5.32. The van der Waals surface area contributed by atoms with Crippen LogP contribution in [0.4, 0.5) is 5.69 Å². The Hall–Kier alpha value is -1.65. The third kappa shape index (κ3) is 4.47. The first-order valence-electron chi connectivity index (χ1n) is 6.37. The second-order valence-corrected chi connectivity index (χ2v) is 5.43. The van der Waals surface area contributed by atoms with E-state index >= 15 is 0 Å². The molecule has 0 heterocycles. The average molecular weight is 334 g/mol. The van der Waals surface area contributed by atoms with Crippen LogP contribution in [0, 0.1) is 0 Å². The molecule has 0 spiro atoms. The fourth-order valence-corrected chi connectivity index (χ4v) is 2.01. The van der Waals surface area contributed by atoms with Gasteiger partial charge in [0.15, 0.2) is 5.78 Å². The molecule has 20 heavy (non-hydrogen) atoms. The van der Waals surface area contributed by atoms with E-state index in [0.717, 1.165) is 15.7 Å². The fraction of sp³-hybridized carbons (Fsp3) is 0.188.